The summed E-state index contributed by atoms with van der Waals surface area (Å²) in [4.78, 5) is 8.05. The van der Waals surface area contributed by atoms with Crippen molar-refractivity contribution in [3.8, 4) is 0 Å². The number of aryl methyl sites for hydroxylation is 2. The maximum Gasteiger partial charge on any atom is 0.367 e. The topological polar surface area (TPSA) is 17.1 Å². The molecular formula is C17H13BrF4O. The third-order valence-electron chi connectivity index (χ3n) is 3.61. The van der Waals surface area contributed by atoms with Crippen LogP contribution < -0.4 is 0 Å². The molecule has 0 saturated heterocycles. The van der Waals surface area contributed by atoms with Crippen LogP contribution in [-0.4, -0.2) is 10.6 Å². The van der Waals surface area contributed by atoms with Crippen LogP contribution in [0.3, 0.4) is 0 Å². The van der Waals surface area contributed by atoms with Gasteiger partial charge in [-0.3, -0.25) is 4.79 Å². The van der Waals surface area contributed by atoms with Crippen LogP contribution in [0.25, 0.3) is 0 Å². The lowest BCUT2D eigenvalue weighted by molar-refractivity contribution is -0.154. The number of carbonyl (C=O) groups excluding carboxylic acids is 1. The molecule has 23 heavy (non-hydrogen) atoms. The van der Waals surface area contributed by atoms with Crippen molar-refractivity contribution in [3.05, 3.63) is 70.3 Å². The van der Waals surface area contributed by atoms with Gasteiger partial charge in [-0.2, -0.15) is 17.6 Å². The Balaban J connectivity index is 2.69. The zero-order chi connectivity index (χ0) is 17.4. The van der Waals surface area contributed by atoms with Gasteiger partial charge in [-0.25, -0.2) is 0 Å². The van der Waals surface area contributed by atoms with E-state index in [0.717, 1.165) is 6.07 Å². The van der Waals surface area contributed by atoms with Gasteiger partial charge >= 0.3 is 10.8 Å². The van der Waals surface area contributed by atoms with E-state index < -0.39 is 27.7 Å². The van der Waals surface area contributed by atoms with Crippen LogP contribution in [0, 0.1) is 13.8 Å². The number of halogens is 5. The molecule has 0 atom stereocenters. The van der Waals surface area contributed by atoms with Crippen LogP contribution >= 0.6 is 15.9 Å². The molecule has 2 aromatic rings. The number of hydrogen-bond acceptors (Lipinski definition) is 1. The van der Waals surface area contributed by atoms with E-state index in [4.69, 9.17) is 0 Å². The van der Waals surface area contributed by atoms with E-state index in [-0.39, 0.29) is 5.56 Å². The minimum Gasteiger partial charge on any atom is -0.289 e. The molecular weight excluding hydrogens is 376 g/mol. The molecule has 6 heteroatoms. The fourth-order valence-corrected chi connectivity index (χ4v) is 2.38. The average molecular weight is 389 g/mol. The Hall–Kier alpha value is -1.69. The van der Waals surface area contributed by atoms with Crippen LogP contribution in [0.2, 0.25) is 0 Å². The second kappa shape index (κ2) is 6.07. The third kappa shape index (κ3) is 3.32. The van der Waals surface area contributed by atoms with E-state index in [2.05, 4.69) is 0 Å². The summed E-state index contributed by atoms with van der Waals surface area (Å²) in [6, 6.07) is 9.89. The van der Waals surface area contributed by atoms with E-state index in [1.807, 2.05) is 0 Å². The first-order valence-electron chi connectivity index (χ1n) is 6.71. The molecule has 0 amide bonds. The van der Waals surface area contributed by atoms with E-state index in [1.54, 1.807) is 41.1 Å². The smallest absolute Gasteiger partial charge is 0.289 e. The van der Waals surface area contributed by atoms with Crippen molar-refractivity contribution in [2.24, 2.45) is 0 Å². The molecule has 0 saturated carbocycles. The first-order valence-corrected chi connectivity index (χ1v) is 7.51. The Morgan fingerprint density at radius 2 is 1.48 bits per heavy atom. The molecule has 2 rings (SSSR count). The first-order chi connectivity index (χ1) is 10.6. The van der Waals surface area contributed by atoms with Crippen molar-refractivity contribution in [1.82, 2.24) is 0 Å². The third-order valence-corrected chi connectivity index (χ3v) is 4.11. The van der Waals surface area contributed by atoms with Gasteiger partial charge in [0.2, 0.25) is 0 Å². The summed E-state index contributed by atoms with van der Waals surface area (Å²) in [5.74, 6) is -5.24. The molecule has 0 fully saturated rings. The Labute approximate surface area is 139 Å². The van der Waals surface area contributed by atoms with Gasteiger partial charge in [0.05, 0.1) is 0 Å². The number of carbonyl (C=O) groups is 1. The highest BCUT2D eigenvalue weighted by molar-refractivity contribution is 9.10. The first kappa shape index (κ1) is 17.7. The van der Waals surface area contributed by atoms with Crippen molar-refractivity contribution in [2.45, 2.75) is 24.6 Å². The van der Waals surface area contributed by atoms with Gasteiger partial charge in [0.15, 0.2) is 5.78 Å². The Bertz CT molecular complexity index is 736. The maximum absolute atomic E-state index is 14.2. The molecule has 122 valence electrons. The van der Waals surface area contributed by atoms with Gasteiger partial charge in [-0.15, -0.1) is 0 Å². The van der Waals surface area contributed by atoms with Crippen LogP contribution in [0.1, 0.15) is 32.6 Å². The zero-order valence-corrected chi connectivity index (χ0v) is 13.9. The summed E-state index contributed by atoms with van der Waals surface area (Å²) in [7, 11) is 0. The van der Waals surface area contributed by atoms with Crippen molar-refractivity contribution in [2.75, 3.05) is 0 Å². The molecule has 0 spiro atoms. The van der Waals surface area contributed by atoms with Crippen molar-refractivity contribution in [1.29, 1.82) is 0 Å². The Morgan fingerprint density at radius 1 is 0.957 bits per heavy atom. The zero-order valence-electron chi connectivity index (χ0n) is 12.3. The summed E-state index contributed by atoms with van der Waals surface area (Å²) in [5, 5.41) is 0. The quantitative estimate of drug-likeness (QED) is 0.377. The predicted octanol–water partition coefficient (Wildman–Crippen LogP) is 5.61. The second-order valence-electron chi connectivity index (χ2n) is 5.25. The van der Waals surface area contributed by atoms with Gasteiger partial charge < -0.3 is 0 Å². The Kier molecular flexibility index (Phi) is 4.66. The summed E-state index contributed by atoms with van der Waals surface area (Å²) >= 11 is 1.72. The molecule has 1 nitrogen and oxygen atoms in total. The van der Waals surface area contributed by atoms with E-state index >= 15 is 0 Å². The van der Waals surface area contributed by atoms with Crippen molar-refractivity contribution >= 4 is 21.7 Å². The minimum atomic E-state index is -4.52. The van der Waals surface area contributed by atoms with Crippen LogP contribution in [0.5, 0.6) is 0 Å². The molecule has 0 heterocycles. The van der Waals surface area contributed by atoms with Gasteiger partial charge in [0.25, 0.3) is 0 Å². The molecule has 0 unspecified atom stereocenters. The van der Waals surface area contributed by atoms with E-state index in [9.17, 15) is 22.4 Å². The normalized spacial score (nSPS) is 12.3. The number of rotatable bonds is 4. The second-order valence-corrected chi connectivity index (χ2v) is 6.25. The van der Waals surface area contributed by atoms with Crippen molar-refractivity contribution < 1.29 is 22.4 Å². The highest BCUT2D eigenvalue weighted by atomic mass is 79.9. The van der Waals surface area contributed by atoms with Crippen molar-refractivity contribution in [3.63, 3.8) is 0 Å². The lowest BCUT2D eigenvalue weighted by atomic mass is 9.91. The number of ketones is 1. The highest BCUT2D eigenvalue weighted by Crippen LogP contribution is 2.48. The van der Waals surface area contributed by atoms with Crippen LogP contribution in [0.4, 0.5) is 17.6 Å². The monoisotopic (exact) mass is 388 g/mol. The maximum atomic E-state index is 14.2. The van der Waals surface area contributed by atoms with Crippen LogP contribution in [0.15, 0.2) is 42.5 Å². The Morgan fingerprint density at radius 3 is 2.00 bits per heavy atom. The van der Waals surface area contributed by atoms with Gasteiger partial charge in [-0.1, -0.05) is 30.3 Å². The molecule has 0 N–H and O–H groups in total. The molecule has 0 aliphatic carbocycles. The van der Waals surface area contributed by atoms with Gasteiger partial charge in [0.1, 0.15) is 0 Å². The summed E-state index contributed by atoms with van der Waals surface area (Å²) in [5.41, 5.74) is -0.284. The summed E-state index contributed by atoms with van der Waals surface area (Å²) in [6.07, 6.45) is 0. The van der Waals surface area contributed by atoms with E-state index in [1.165, 1.54) is 25.1 Å². The summed E-state index contributed by atoms with van der Waals surface area (Å²) in [6.45, 7) is 3.16. The number of benzene rings is 2. The lowest BCUT2D eigenvalue weighted by Gasteiger charge is -2.25. The van der Waals surface area contributed by atoms with Crippen LogP contribution in [-0.2, 0) is 5.92 Å². The lowest BCUT2D eigenvalue weighted by Crippen LogP contribution is -2.34. The molecule has 0 bridgehead atoms. The molecule has 0 radical (unpaired) electrons. The molecule has 0 aliphatic rings. The van der Waals surface area contributed by atoms with Gasteiger partial charge in [0, 0.05) is 16.7 Å². The predicted molar refractivity (Wildman–Crippen MR) is 83.6 cm³/mol. The fourth-order valence-electron chi connectivity index (χ4n) is 2.16. The fraction of sp³-hybridized carbons (Fsp3) is 0.235. The number of hydrogen-bond donors (Lipinski definition) is 0. The highest BCUT2D eigenvalue weighted by Gasteiger charge is 2.57. The SMILES string of the molecule is Cc1cc(C(=O)c2ccccc2)c(C(F)(F)C(F)(F)Br)cc1C. The average Bonchev–Trinajstić information content (AvgIpc) is 2.48. The molecule has 0 aliphatic heterocycles. The number of alkyl halides is 5. The van der Waals surface area contributed by atoms with E-state index in [0.29, 0.717) is 11.1 Å². The minimum absolute atomic E-state index is 0.158. The summed E-state index contributed by atoms with van der Waals surface area (Å²) < 4.78 is 55.0. The standard InChI is InChI=1S/C17H13BrF4O/c1-10-8-13(15(23)12-6-4-3-5-7-12)14(9-11(10)2)16(19,20)17(18,21)22/h3-9H,1-2H3. The molecule has 0 aromatic heterocycles. The van der Waals surface area contributed by atoms with Gasteiger partial charge in [-0.05, 0) is 53.0 Å². The largest absolute Gasteiger partial charge is 0.367 e. The molecule has 2 aromatic carbocycles.